The molecular formula is C14H20N2O. The first-order valence-electron chi connectivity index (χ1n) is 6.55. The molecule has 1 saturated carbocycles. The molecule has 3 heteroatoms. The van der Waals surface area contributed by atoms with E-state index in [0.717, 1.165) is 32.1 Å². The van der Waals surface area contributed by atoms with Crippen LogP contribution in [-0.4, -0.2) is 35.7 Å². The molecule has 92 valence electrons. The molecule has 1 saturated heterocycles. The third kappa shape index (κ3) is 2.79. The molecular weight excluding hydrogens is 212 g/mol. The Morgan fingerprint density at radius 3 is 3.00 bits per heavy atom. The van der Waals surface area contributed by atoms with Crippen molar-refractivity contribution in [2.45, 2.75) is 25.4 Å². The quantitative estimate of drug-likeness (QED) is 0.830. The monoisotopic (exact) mass is 232 g/mol. The molecule has 0 spiro atoms. The van der Waals surface area contributed by atoms with Crippen molar-refractivity contribution < 1.29 is 5.11 Å². The number of nitrogens with zero attached hydrogens (tertiary/aromatic N) is 1. The average Bonchev–Trinajstić information content (AvgIpc) is 3.13. The van der Waals surface area contributed by atoms with Crippen LogP contribution < -0.4 is 5.32 Å². The van der Waals surface area contributed by atoms with E-state index in [0.29, 0.717) is 11.8 Å². The van der Waals surface area contributed by atoms with Gasteiger partial charge >= 0.3 is 0 Å². The van der Waals surface area contributed by atoms with Crippen LogP contribution in [-0.2, 0) is 6.54 Å². The minimum atomic E-state index is 0.372. The fraction of sp³-hybridized carbons (Fsp3) is 0.571. The highest BCUT2D eigenvalue weighted by Gasteiger charge is 2.33. The second-order valence-corrected chi connectivity index (χ2v) is 5.30. The highest BCUT2D eigenvalue weighted by molar-refractivity contribution is 5.27. The van der Waals surface area contributed by atoms with E-state index in [-0.39, 0.29) is 0 Å². The Morgan fingerprint density at radius 1 is 1.35 bits per heavy atom. The van der Waals surface area contributed by atoms with Gasteiger partial charge in [0.05, 0.1) is 0 Å². The van der Waals surface area contributed by atoms with Crippen LogP contribution in [0.4, 0.5) is 0 Å². The summed E-state index contributed by atoms with van der Waals surface area (Å²) in [4.78, 5) is 2.49. The Hall–Kier alpha value is -1.06. The van der Waals surface area contributed by atoms with E-state index in [1.54, 1.807) is 6.07 Å². The lowest BCUT2D eigenvalue weighted by Crippen LogP contribution is -2.51. The summed E-state index contributed by atoms with van der Waals surface area (Å²) in [6, 6.07) is 8.31. The van der Waals surface area contributed by atoms with Gasteiger partial charge < -0.3 is 10.4 Å². The maximum absolute atomic E-state index is 9.46. The second-order valence-electron chi connectivity index (χ2n) is 5.30. The van der Waals surface area contributed by atoms with E-state index in [4.69, 9.17) is 0 Å². The highest BCUT2D eigenvalue weighted by atomic mass is 16.3. The topological polar surface area (TPSA) is 35.5 Å². The molecule has 17 heavy (non-hydrogen) atoms. The first-order chi connectivity index (χ1) is 8.31. The predicted octanol–water partition coefficient (Wildman–Crippen LogP) is 1.58. The summed E-state index contributed by atoms with van der Waals surface area (Å²) in [6.07, 6.45) is 2.80. The van der Waals surface area contributed by atoms with Crippen LogP contribution in [0.25, 0.3) is 0 Å². The fourth-order valence-corrected chi connectivity index (χ4v) is 2.71. The molecule has 1 aromatic carbocycles. The zero-order valence-electron chi connectivity index (χ0n) is 10.1. The molecule has 2 fully saturated rings. The van der Waals surface area contributed by atoms with E-state index in [9.17, 15) is 5.11 Å². The summed E-state index contributed by atoms with van der Waals surface area (Å²) >= 11 is 0. The number of rotatable bonds is 3. The standard InChI is InChI=1S/C14H20N2O/c17-13-3-1-2-11(8-13)9-16-7-6-15-14(10-16)12-4-5-12/h1-3,8,12,14-15,17H,4-7,9-10H2. The molecule has 2 aliphatic rings. The third-order valence-electron chi connectivity index (χ3n) is 3.80. The van der Waals surface area contributed by atoms with Crippen LogP contribution in [0.3, 0.4) is 0 Å². The average molecular weight is 232 g/mol. The molecule has 3 rings (SSSR count). The van der Waals surface area contributed by atoms with E-state index in [1.807, 2.05) is 12.1 Å². The Kier molecular flexibility index (Phi) is 3.04. The third-order valence-corrected chi connectivity index (χ3v) is 3.80. The highest BCUT2D eigenvalue weighted by Crippen LogP contribution is 2.33. The van der Waals surface area contributed by atoms with Gasteiger partial charge in [0.2, 0.25) is 0 Å². The molecule has 0 amide bonds. The van der Waals surface area contributed by atoms with Crippen LogP contribution in [0.1, 0.15) is 18.4 Å². The molecule has 1 atom stereocenters. The van der Waals surface area contributed by atoms with Gasteiger partial charge in [-0.3, -0.25) is 4.90 Å². The maximum atomic E-state index is 9.46. The van der Waals surface area contributed by atoms with Crippen LogP contribution in [0.5, 0.6) is 5.75 Å². The number of hydrogen-bond donors (Lipinski definition) is 2. The van der Waals surface area contributed by atoms with Gasteiger partial charge in [0.15, 0.2) is 0 Å². The number of piperazine rings is 1. The predicted molar refractivity (Wildman–Crippen MR) is 67.9 cm³/mol. The van der Waals surface area contributed by atoms with Crippen LogP contribution in [0.2, 0.25) is 0 Å². The van der Waals surface area contributed by atoms with E-state index >= 15 is 0 Å². The van der Waals surface area contributed by atoms with Crippen molar-refractivity contribution in [3.05, 3.63) is 29.8 Å². The molecule has 1 aliphatic heterocycles. The Morgan fingerprint density at radius 2 is 2.24 bits per heavy atom. The molecule has 0 radical (unpaired) electrons. The van der Waals surface area contributed by atoms with Gasteiger partial charge in [-0.1, -0.05) is 12.1 Å². The summed E-state index contributed by atoms with van der Waals surface area (Å²) in [7, 11) is 0. The Labute approximate surface area is 102 Å². The minimum Gasteiger partial charge on any atom is -0.508 e. The lowest BCUT2D eigenvalue weighted by molar-refractivity contribution is 0.181. The van der Waals surface area contributed by atoms with E-state index in [1.165, 1.54) is 18.4 Å². The van der Waals surface area contributed by atoms with Gasteiger partial charge in [-0.15, -0.1) is 0 Å². The minimum absolute atomic E-state index is 0.372. The van der Waals surface area contributed by atoms with Gasteiger partial charge in [0, 0.05) is 32.2 Å². The number of nitrogens with one attached hydrogen (secondary N) is 1. The van der Waals surface area contributed by atoms with Crippen molar-refractivity contribution in [1.82, 2.24) is 10.2 Å². The van der Waals surface area contributed by atoms with E-state index in [2.05, 4.69) is 16.3 Å². The van der Waals surface area contributed by atoms with Crippen LogP contribution in [0, 0.1) is 5.92 Å². The maximum Gasteiger partial charge on any atom is 0.115 e. The fourth-order valence-electron chi connectivity index (χ4n) is 2.71. The van der Waals surface area contributed by atoms with Crippen molar-refractivity contribution in [3.8, 4) is 5.75 Å². The van der Waals surface area contributed by atoms with Crippen molar-refractivity contribution in [3.63, 3.8) is 0 Å². The number of aromatic hydroxyl groups is 1. The smallest absolute Gasteiger partial charge is 0.115 e. The normalized spacial score (nSPS) is 26.0. The lowest BCUT2D eigenvalue weighted by atomic mass is 10.1. The largest absolute Gasteiger partial charge is 0.508 e. The van der Waals surface area contributed by atoms with Gasteiger partial charge in [-0.25, -0.2) is 0 Å². The lowest BCUT2D eigenvalue weighted by Gasteiger charge is -2.33. The van der Waals surface area contributed by atoms with Gasteiger partial charge in [-0.05, 0) is 36.5 Å². The molecule has 1 unspecified atom stereocenters. The zero-order valence-corrected chi connectivity index (χ0v) is 10.1. The zero-order chi connectivity index (χ0) is 11.7. The van der Waals surface area contributed by atoms with Crippen LogP contribution >= 0.6 is 0 Å². The molecule has 0 bridgehead atoms. The summed E-state index contributed by atoms with van der Waals surface area (Å²) in [6.45, 7) is 4.32. The number of benzene rings is 1. The number of hydrogen-bond acceptors (Lipinski definition) is 3. The van der Waals surface area contributed by atoms with Crippen molar-refractivity contribution in [2.75, 3.05) is 19.6 Å². The first-order valence-corrected chi connectivity index (χ1v) is 6.55. The van der Waals surface area contributed by atoms with Gasteiger partial charge in [0.25, 0.3) is 0 Å². The van der Waals surface area contributed by atoms with Crippen molar-refractivity contribution >= 4 is 0 Å². The van der Waals surface area contributed by atoms with Crippen LogP contribution in [0.15, 0.2) is 24.3 Å². The first kappa shape index (κ1) is 11.1. The SMILES string of the molecule is Oc1cccc(CN2CCNC(C3CC3)C2)c1. The molecule has 1 heterocycles. The van der Waals surface area contributed by atoms with E-state index < -0.39 is 0 Å². The summed E-state index contributed by atoms with van der Waals surface area (Å²) in [5.41, 5.74) is 1.21. The van der Waals surface area contributed by atoms with Gasteiger partial charge in [-0.2, -0.15) is 0 Å². The summed E-state index contributed by atoms with van der Waals surface area (Å²) in [5, 5.41) is 13.1. The molecule has 0 aromatic heterocycles. The summed E-state index contributed by atoms with van der Waals surface area (Å²) < 4.78 is 0. The molecule has 2 N–H and O–H groups in total. The van der Waals surface area contributed by atoms with Crippen molar-refractivity contribution in [2.24, 2.45) is 5.92 Å². The molecule has 1 aliphatic carbocycles. The number of phenols is 1. The Balaban J connectivity index is 1.60. The Bertz CT molecular complexity index is 390. The van der Waals surface area contributed by atoms with Crippen molar-refractivity contribution in [1.29, 1.82) is 0 Å². The summed E-state index contributed by atoms with van der Waals surface area (Å²) in [5.74, 6) is 1.29. The molecule has 3 nitrogen and oxygen atoms in total. The molecule has 1 aromatic rings. The second kappa shape index (κ2) is 4.67. The number of phenolic OH excluding ortho intramolecular Hbond substituents is 1. The van der Waals surface area contributed by atoms with Gasteiger partial charge in [0.1, 0.15) is 5.75 Å².